The van der Waals surface area contributed by atoms with Crippen molar-refractivity contribution in [1.29, 1.82) is 5.41 Å². The molecular formula is C23H27FN4O3. The molecule has 1 aromatic heterocycles. The van der Waals surface area contributed by atoms with E-state index in [1.54, 1.807) is 38.4 Å². The Kier molecular flexibility index (Phi) is 5.99. The van der Waals surface area contributed by atoms with Gasteiger partial charge in [-0.25, -0.2) is 4.39 Å². The fourth-order valence-electron chi connectivity index (χ4n) is 3.85. The molecule has 2 aromatic carbocycles. The zero-order valence-corrected chi connectivity index (χ0v) is 17.9. The van der Waals surface area contributed by atoms with Crippen molar-refractivity contribution >= 4 is 22.5 Å². The summed E-state index contributed by atoms with van der Waals surface area (Å²) in [5, 5.41) is 15.3. The molecule has 4 rings (SSSR count). The van der Waals surface area contributed by atoms with Crippen LogP contribution in [0, 0.1) is 18.2 Å². The van der Waals surface area contributed by atoms with Gasteiger partial charge in [-0.05, 0) is 50.6 Å². The summed E-state index contributed by atoms with van der Waals surface area (Å²) in [5.74, 6) is 0.348. The lowest BCUT2D eigenvalue weighted by molar-refractivity contribution is 0.262. The molecule has 0 unspecified atom stereocenters. The first-order valence-electron chi connectivity index (χ1n) is 10.3. The second kappa shape index (κ2) is 8.85. The quantitative estimate of drug-likeness (QED) is 0.336. The summed E-state index contributed by atoms with van der Waals surface area (Å²) in [6, 6.07) is 8.73. The molecule has 1 aliphatic heterocycles. The smallest absolute Gasteiger partial charge is 0.221 e. The molecule has 0 aliphatic carbocycles. The molecule has 0 saturated carbocycles. The number of aromatic nitrogens is 1. The van der Waals surface area contributed by atoms with E-state index in [9.17, 15) is 4.39 Å². The lowest BCUT2D eigenvalue weighted by Gasteiger charge is -2.18. The lowest BCUT2D eigenvalue weighted by Crippen LogP contribution is -2.28. The van der Waals surface area contributed by atoms with Crippen molar-refractivity contribution < 1.29 is 18.6 Å². The van der Waals surface area contributed by atoms with Crippen LogP contribution in [0.15, 0.2) is 30.3 Å². The van der Waals surface area contributed by atoms with E-state index in [1.165, 1.54) is 6.07 Å². The second-order valence-corrected chi connectivity index (χ2v) is 7.63. The van der Waals surface area contributed by atoms with E-state index in [2.05, 4.69) is 15.6 Å². The first-order chi connectivity index (χ1) is 15.0. The Morgan fingerprint density at radius 2 is 2.06 bits per heavy atom. The van der Waals surface area contributed by atoms with Crippen LogP contribution >= 0.6 is 0 Å². The van der Waals surface area contributed by atoms with Crippen LogP contribution in [0.25, 0.3) is 10.9 Å². The first-order valence-corrected chi connectivity index (χ1v) is 10.3. The van der Waals surface area contributed by atoms with Crippen LogP contribution in [-0.2, 0) is 0 Å². The molecule has 2 heterocycles. The number of ether oxygens (including phenoxy) is 3. The van der Waals surface area contributed by atoms with Gasteiger partial charge in [0.2, 0.25) is 5.90 Å². The molecule has 1 atom stereocenters. The number of methoxy groups -OCH3 is 1. The molecule has 1 saturated heterocycles. The fourth-order valence-corrected chi connectivity index (χ4v) is 3.85. The predicted octanol–water partition coefficient (Wildman–Crippen LogP) is 4.20. The van der Waals surface area contributed by atoms with Gasteiger partial charge in [0, 0.05) is 35.8 Å². The SMILES string of the molecule is CNc1cc(OC[C@H]2CCCN2)c(OC)cc1C(=N)Oc1ccc2[nH]c(C)cc2c1F. The molecule has 0 amide bonds. The average molecular weight is 426 g/mol. The van der Waals surface area contributed by atoms with E-state index in [4.69, 9.17) is 19.6 Å². The molecular weight excluding hydrogens is 399 g/mol. The summed E-state index contributed by atoms with van der Waals surface area (Å²) in [6.07, 6.45) is 2.22. The van der Waals surface area contributed by atoms with E-state index < -0.39 is 5.82 Å². The summed E-state index contributed by atoms with van der Waals surface area (Å²) in [7, 11) is 3.29. The number of halogens is 1. The fraction of sp³-hybridized carbons (Fsp3) is 0.348. The Morgan fingerprint density at radius 1 is 1.23 bits per heavy atom. The Hall–Kier alpha value is -3.26. The van der Waals surface area contributed by atoms with Gasteiger partial charge in [-0.1, -0.05) is 0 Å². The minimum atomic E-state index is -0.506. The molecule has 0 radical (unpaired) electrons. The number of hydrogen-bond donors (Lipinski definition) is 4. The van der Waals surface area contributed by atoms with Gasteiger partial charge in [-0.3, -0.25) is 5.41 Å². The molecule has 8 heteroatoms. The van der Waals surface area contributed by atoms with Gasteiger partial charge in [0.05, 0.1) is 18.4 Å². The van der Waals surface area contributed by atoms with Gasteiger partial charge in [-0.2, -0.15) is 0 Å². The maximum atomic E-state index is 14.9. The minimum Gasteiger partial charge on any atom is -0.493 e. The van der Waals surface area contributed by atoms with Crippen LogP contribution in [0.5, 0.6) is 17.2 Å². The highest BCUT2D eigenvalue weighted by atomic mass is 19.1. The molecule has 0 spiro atoms. The van der Waals surface area contributed by atoms with Crippen LogP contribution in [0.4, 0.5) is 10.1 Å². The maximum Gasteiger partial charge on any atom is 0.221 e. The number of anilines is 1. The summed E-state index contributed by atoms with van der Waals surface area (Å²) in [6.45, 7) is 3.40. The Bertz CT molecular complexity index is 1110. The standard InChI is InChI=1S/C23H27FN4O3/c1-13-9-15-17(28-13)6-7-19(22(15)24)31-23(25)16-10-20(29-3)21(11-18(16)26-2)30-12-14-5-4-8-27-14/h6-7,9-11,14,25-28H,4-5,8,12H2,1-3H3/t14-/m1/s1. The topological polar surface area (TPSA) is 91.4 Å². The number of rotatable bonds is 7. The third-order valence-electron chi connectivity index (χ3n) is 5.47. The van der Waals surface area contributed by atoms with Gasteiger partial charge < -0.3 is 29.8 Å². The maximum absolute atomic E-state index is 14.9. The van der Waals surface area contributed by atoms with Crippen molar-refractivity contribution in [3.63, 3.8) is 0 Å². The largest absolute Gasteiger partial charge is 0.493 e. The molecule has 3 aromatic rings. The van der Waals surface area contributed by atoms with Crippen molar-refractivity contribution in [2.75, 3.05) is 32.6 Å². The lowest BCUT2D eigenvalue weighted by atomic mass is 10.1. The highest BCUT2D eigenvalue weighted by Crippen LogP contribution is 2.35. The van der Waals surface area contributed by atoms with E-state index in [0.717, 1.165) is 25.1 Å². The van der Waals surface area contributed by atoms with Crippen molar-refractivity contribution in [2.24, 2.45) is 0 Å². The van der Waals surface area contributed by atoms with Crippen molar-refractivity contribution in [3.8, 4) is 17.2 Å². The number of fused-ring (bicyclic) bond motifs is 1. The minimum absolute atomic E-state index is 0.00912. The second-order valence-electron chi connectivity index (χ2n) is 7.63. The molecule has 1 aliphatic rings. The molecule has 4 N–H and O–H groups in total. The zero-order chi connectivity index (χ0) is 22.0. The van der Waals surface area contributed by atoms with Gasteiger partial charge >= 0.3 is 0 Å². The van der Waals surface area contributed by atoms with Crippen LogP contribution in [0.1, 0.15) is 24.1 Å². The molecule has 31 heavy (non-hydrogen) atoms. The number of hydrogen-bond acceptors (Lipinski definition) is 6. The van der Waals surface area contributed by atoms with E-state index in [-0.39, 0.29) is 11.6 Å². The van der Waals surface area contributed by atoms with Crippen LogP contribution in [-0.4, -0.2) is 44.2 Å². The highest BCUT2D eigenvalue weighted by molar-refractivity contribution is 6.00. The van der Waals surface area contributed by atoms with Crippen molar-refractivity contribution in [1.82, 2.24) is 10.3 Å². The Balaban J connectivity index is 1.59. The molecule has 1 fully saturated rings. The predicted molar refractivity (Wildman–Crippen MR) is 120 cm³/mol. The van der Waals surface area contributed by atoms with Crippen molar-refractivity contribution in [2.45, 2.75) is 25.8 Å². The molecule has 0 bridgehead atoms. The zero-order valence-electron chi connectivity index (χ0n) is 17.9. The number of benzene rings is 2. The normalized spacial score (nSPS) is 15.8. The number of nitrogens with one attached hydrogen (secondary N) is 4. The number of aromatic amines is 1. The average Bonchev–Trinajstić information content (AvgIpc) is 3.43. The van der Waals surface area contributed by atoms with Gasteiger partial charge in [0.1, 0.15) is 6.61 Å². The monoisotopic (exact) mass is 426 g/mol. The summed E-state index contributed by atoms with van der Waals surface area (Å²) >= 11 is 0. The summed E-state index contributed by atoms with van der Waals surface area (Å²) in [4.78, 5) is 3.09. The third-order valence-corrected chi connectivity index (χ3v) is 5.47. The van der Waals surface area contributed by atoms with Crippen LogP contribution in [0.3, 0.4) is 0 Å². The summed E-state index contributed by atoms with van der Waals surface area (Å²) in [5.41, 5.74) is 2.60. The molecule has 164 valence electrons. The van der Waals surface area contributed by atoms with Crippen LogP contribution in [0.2, 0.25) is 0 Å². The van der Waals surface area contributed by atoms with Crippen LogP contribution < -0.4 is 24.8 Å². The third kappa shape index (κ3) is 4.29. The molecule has 7 nitrogen and oxygen atoms in total. The Morgan fingerprint density at radius 3 is 2.77 bits per heavy atom. The van der Waals surface area contributed by atoms with E-state index in [0.29, 0.717) is 46.3 Å². The van der Waals surface area contributed by atoms with E-state index in [1.807, 2.05) is 6.92 Å². The van der Waals surface area contributed by atoms with Gasteiger partial charge in [-0.15, -0.1) is 0 Å². The van der Waals surface area contributed by atoms with Crippen molar-refractivity contribution in [3.05, 3.63) is 47.4 Å². The number of aryl methyl sites for hydroxylation is 1. The van der Waals surface area contributed by atoms with E-state index >= 15 is 0 Å². The number of H-pyrrole nitrogens is 1. The summed E-state index contributed by atoms with van der Waals surface area (Å²) < 4.78 is 32.0. The highest BCUT2D eigenvalue weighted by Gasteiger charge is 2.20. The first kappa shape index (κ1) is 21.0. The Labute approximate surface area is 180 Å². The van der Waals surface area contributed by atoms with Gasteiger partial charge in [0.25, 0.3) is 0 Å². The van der Waals surface area contributed by atoms with Gasteiger partial charge in [0.15, 0.2) is 23.1 Å².